The molecule has 7 heteroatoms. The monoisotopic (exact) mass is 388 g/mol. The van der Waals surface area contributed by atoms with Crippen molar-refractivity contribution in [3.05, 3.63) is 58.7 Å². The van der Waals surface area contributed by atoms with Crippen LogP contribution in [0.25, 0.3) is 0 Å². The Morgan fingerprint density at radius 2 is 1.52 bits per heavy atom. The lowest BCUT2D eigenvalue weighted by atomic mass is 10.1. The molecule has 0 radical (unpaired) electrons. The molecule has 6 nitrogen and oxygen atoms in total. The lowest BCUT2D eigenvalue weighted by Crippen LogP contribution is -2.38. The summed E-state index contributed by atoms with van der Waals surface area (Å²) >= 11 is 0. The third-order valence-corrected chi connectivity index (χ3v) is 5.26. The molecule has 0 bridgehead atoms. The van der Waals surface area contributed by atoms with Crippen LogP contribution < -0.4 is 9.62 Å². The van der Waals surface area contributed by atoms with Gasteiger partial charge in [0.2, 0.25) is 15.9 Å². The summed E-state index contributed by atoms with van der Waals surface area (Å²) in [5.41, 5.74) is 4.16. The van der Waals surface area contributed by atoms with E-state index in [4.69, 9.17) is 0 Å². The fraction of sp³-hybridized carbons (Fsp3) is 0.300. The van der Waals surface area contributed by atoms with E-state index in [1.165, 1.54) is 6.92 Å². The number of nitrogens with one attached hydrogen (secondary N) is 1. The van der Waals surface area contributed by atoms with E-state index in [2.05, 4.69) is 5.32 Å². The van der Waals surface area contributed by atoms with E-state index >= 15 is 0 Å². The molecule has 0 aliphatic rings. The molecule has 0 aromatic heterocycles. The van der Waals surface area contributed by atoms with Crippen LogP contribution in [0, 0.1) is 20.8 Å². The highest BCUT2D eigenvalue weighted by Crippen LogP contribution is 2.28. The summed E-state index contributed by atoms with van der Waals surface area (Å²) in [6.45, 7) is 6.71. The highest BCUT2D eigenvalue weighted by molar-refractivity contribution is 7.92. The Kier molecular flexibility index (Phi) is 6.05. The highest BCUT2D eigenvalue weighted by Gasteiger charge is 2.24. The van der Waals surface area contributed by atoms with Crippen LogP contribution in [0.15, 0.2) is 36.4 Å². The number of Topliss-reactive ketones (excluding diaryl/α,β-unsaturated/α-hetero) is 1. The lowest BCUT2D eigenvalue weighted by Gasteiger charge is -2.26. The molecule has 1 amide bonds. The Balaban J connectivity index is 2.27. The van der Waals surface area contributed by atoms with Gasteiger partial charge < -0.3 is 5.32 Å². The SMILES string of the molecule is CC(=O)c1ccc(NC(=O)CN(c2c(C)cc(C)cc2C)S(C)(=O)=O)cc1. The molecule has 27 heavy (non-hydrogen) atoms. The Hall–Kier alpha value is -2.67. The maximum atomic E-state index is 12.5. The zero-order chi connectivity index (χ0) is 20.4. The zero-order valence-corrected chi connectivity index (χ0v) is 17.0. The van der Waals surface area contributed by atoms with Gasteiger partial charge in [-0.1, -0.05) is 17.7 Å². The quantitative estimate of drug-likeness (QED) is 0.770. The van der Waals surface area contributed by atoms with Crippen molar-refractivity contribution in [2.24, 2.45) is 0 Å². The van der Waals surface area contributed by atoms with E-state index in [-0.39, 0.29) is 12.3 Å². The fourth-order valence-electron chi connectivity index (χ4n) is 3.05. The van der Waals surface area contributed by atoms with Crippen molar-refractivity contribution >= 4 is 33.1 Å². The van der Waals surface area contributed by atoms with Crippen LogP contribution in [0.2, 0.25) is 0 Å². The van der Waals surface area contributed by atoms with Crippen molar-refractivity contribution in [1.82, 2.24) is 0 Å². The Morgan fingerprint density at radius 1 is 1.00 bits per heavy atom. The van der Waals surface area contributed by atoms with E-state index in [1.54, 1.807) is 24.3 Å². The number of sulfonamides is 1. The van der Waals surface area contributed by atoms with Crippen LogP contribution in [0.4, 0.5) is 11.4 Å². The van der Waals surface area contributed by atoms with Crippen molar-refractivity contribution in [2.45, 2.75) is 27.7 Å². The van der Waals surface area contributed by atoms with Gasteiger partial charge in [-0.2, -0.15) is 0 Å². The number of aryl methyl sites for hydroxylation is 3. The summed E-state index contributed by atoms with van der Waals surface area (Å²) in [4.78, 5) is 23.8. The van der Waals surface area contributed by atoms with Crippen molar-refractivity contribution < 1.29 is 18.0 Å². The summed E-state index contributed by atoms with van der Waals surface area (Å²) in [6, 6.07) is 10.2. The van der Waals surface area contributed by atoms with Gasteiger partial charge in [0.15, 0.2) is 5.78 Å². The minimum absolute atomic E-state index is 0.0681. The van der Waals surface area contributed by atoms with Crippen molar-refractivity contribution in [3.63, 3.8) is 0 Å². The average Bonchev–Trinajstić information content (AvgIpc) is 2.52. The molecule has 0 heterocycles. The second-order valence-electron chi connectivity index (χ2n) is 6.70. The van der Waals surface area contributed by atoms with E-state index in [1.807, 2.05) is 32.9 Å². The standard InChI is InChI=1S/C20H24N2O4S/c1-13-10-14(2)20(15(3)11-13)22(27(5,25)26)12-19(24)21-18-8-6-17(7-9-18)16(4)23/h6-11H,12H2,1-5H3,(H,21,24). The number of carbonyl (C=O) groups excluding carboxylic acids is 2. The maximum Gasteiger partial charge on any atom is 0.245 e. The van der Waals surface area contributed by atoms with Crippen molar-refractivity contribution in [2.75, 3.05) is 22.4 Å². The average molecular weight is 388 g/mol. The van der Waals surface area contributed by atoms with Crippen LogP contribution in [0.1, 0.15) is 34.0 Å². The van der Waals surface area contributed by atoms with Gasteiger partial charge in [-0.25, -0.2) is 8.42 Å². The number of carbonyl (C=O) groups is 2. The van der Waals surface area contributed by atoms with Crippen molar-refractivity contribution in [3.8, 4) is 0 Å². The largest absolute Gasteiger partial charge is 0.325 e. The zero-order valence-electron chi connectivity index (χ0n) is 16.2. The van der Waals surface area contributed by atoms with Crippen LogP contribution in [0.3, 0.4) is 0 Å². The van der Waals surface area contributed by atoms with E-state index in [0.29, 0.717) is 16.9 Å². The van der Waals surface area contributed by atoms with Gasteiger partial charge >= 0.3 is 0 Å². The van der Waals surface area contributed by atoms with Crippen LogP contribution in [-0.4, -0.2) is 32.9 Å². The first kappa shape index (κ1) is 20.6. The second-order valence-corrected chi connectivity index (χ2v) is 8.61. The number of hydrogen-bond acceptors (Lipinski definition) is 4. The Morgan fingerprint density at radius 3 is 1.96 bits per heavy atom. The van der Waals surface area contributed by atoms with Gasteiger partial charge in [-0.15, -0.1) is 0 Å². The minimum atomic E-state index is -3.65. The minimum Gasteiger partial charge on any atom is -0.325 e. The summed E-state index contributed by atoms with van der Waals surface area (Å²) in [7, 11) is -3.65. The number of hydrogen-bond donors (Lipinski definition) is 1. The second kappa shape index (κ2) is 7.92. The highest BCUT2D eigenvalue weighted by atomic mass is 32.2. The molecule has 0 saturated carbocycles. The number of anilines is 2. The molecule has 0 fully saturated rings. The molecule has 0 spiro atoms. The number of nitrogens with zero attached hydrogens (tertiary/aromatic N) is 1. The molecule has 0 aliphatic heterocycles. The van der Waals surface area contributed by atoms with Gasteiger partial charge in [-0.05, 0) is 63.1 Å². The van der Waals surface area contributed by atoms with Crippen LogP contribution in [0.5, 0.6) is 0 Å². The third-order valence-electron chi connectivity index (χ3n) is 4.15. The predicted molar refractivity (Wildman–Crippen MR) is 108 cm³/mol. The van der Waals surface area contributed by atoms with E-state index < -0.39 is 15.9 Å². The van der Waals surface area contributed by atoms with Gasteiger partial charge in [-0.3, -0.25) is 13.9 Å². The molecule has 0 unspecified atom stereocenters. The first-order valence-corrected chi connectivity index (χ1v) is 10.3. The first-order chi connectivity index (χ1) is 12.5. The molecule has 2 aromatic carbocycles. The number of ketones is 1. The summed E-state index contributed by atoms with van der Waals surface area (Å²) in [5, 5.41) is 2.67. The number of amides is 1. The van der Waals surface area contributed by atoms with Crippen molar-refractivity contribution in [1.29, 1.82) is 0 Å². The molecule has 2 aromatic rings. The van der Waals surface area contributed by atoms with Gasteiger partial charge in [0.05, 0.1) is 11.9 Å². The normalized spacial score (nSPS) is 11.1. The molecule has 0 saturated heterocycles. The number of rotatable bonds is 6. The lowest BCUT2D eigenvalue weighted by molar-refractivity contribution is -0.114. The summed E-state index contributed by atoms with van der Waals surface area (Å²) in [6.07, 6.45) is 1.08. The topological polar surface area (TPSA) is 83.6 Å². The molecule has 1 N–H and O–H groups in total. The number of benzene rings is 2. The maximum absolute atomic E-state index is 12.5. The van der Waals surface area contributed by atoms with Crippen LogP contribution in [-0.2, 0) is 14.8 Å². The predicted octanol–water partition coefficient (Wildman–Crippen LogP) is 3.22. The molecular weight excluding hydrogens is 364 g/mol. The Bertz CT molecular complexity index is 957. The first-order valence-electron chi connectivity index (χ1n) is 8.45. The van der Waals surface area contributed by atoms with Gasteiger partial charge in [0, 0.05) is 11.3 Å². The summed E-state index contributed by atoms with van der Waals surface area (Å²) < 4.78 is 25.8. The molecule has 144 valence electrons. The molecular formula is C20H24N2O4S. The van der Waals surface area contributed by atoms with E-state index in [0.717, 1.165) is 27.3 Å². The molecule has 0 aliphatic carbocycles. The van der Waals surface area contributed by atoms with Gasteiger partial charge in [0.1, 0.15) is 6.54 Å². The smallest absolute Gasteiger partial charge is 0.245 e. The molecule has 2 rings (SSSR count). The fourth-order valence-corrected chi connectivity index (χ4v) is 4.02. The Labute approximate surface area is 160 Å². The third kappa shape index (κ3) is 5.17. The van der Waals surface area contributed by atoms with Crippen LogP contribution >= 0.6 is 0 Å². The van der Waals surface area contributed by atoms with E-state index in [9.17, 15) is 18.0 Å². The van der Waals surface area contributed by atoms with Gasteiger partial charge in [0.25, 0.3) is 0 Å². The summed E-state index contributed by atoms with van der Waals surface area (Å²) in [5.74, 6) is -0.531. The molecule has 0 atom stereocenters.